The van der Waals surface area contributed by atoms with Gasteiger partial charge in [-0.15, -0.1) is 0 Å². The highest BCUT2D eigenvalue weighted by atomic mass is 32.1. The van der Waals surface area contributed by atoms with Crippen LogP contribution in [0, 0.1) is 5.92 Å². The van der Waals surface area contributed by atoms with Crippen molar-refractivity contribution < 1.29 is 0 Å². The molecule has 0 bridgehead atoms. The number of rotatable bonds is 4. The summed E-state index contributed by atoms with van der Waals surface area (Å²) in [5, 5.41) is 0. The van der Waals surface area contributed by atoms with Crippen LogP contribution in [0.15, 0.2) is 0 Å². The highest BCUT2D eigenvalue weighted by Gasteiger charge is 2.16. The molecule has 2 heteroatoms. The molecule has 62 valence electrons. The summed E-state index contributed by atoms with van der Waals surface area (Å²) in [6.07, 6.45) is 1.29. The van der Waals surface area contributed by atoms with Gasteiger partial charge in [-0.3, -0.25) is 0 Å². The molecule has 0 aliphatic heterocycles. The molecule has 1 atom stereocenters. The highest BCUT2D eigenvalue weighted by molar-refractivity contribution is 7.80. The summed E-state index contributed by atoms with van der Waals surface area (Å²) < 4.78 is 0. The van der Waals surface area contributed by atoms with Gasteiger partial charge in [-0.1, -0.05) is 32.6 Å². The fraction of sp³-hybridized carbons (Fsp3) is 1.00. The monoisotopic (exact) mass is 176 g/mol. The van der Waals surface area contributed by atoms with Crippen molar-refractivity contribution in [1.82, 2.24) is 0 Å². The predicted octanol–water partition coefficient (Wildman–Crippen LogP) is 3.28. The van der Waals surface area contributed by atoms with Gasteiger partial charge >= 0.3 is 0 Å². The van der Waals surface area contributed by atoms with Gasteiger partial charge in [0.25, 0.3) is 0 Å². The molecule has 0 aliphatic carbocycles. The third kappa shape index (κ3) is 6.68. The van der Waals surface area contributed by atoms with Crippen LogP contribution in [-0.2, 0) is 0 Å². The number of hydrogen-bond donors (Lipinski definition) is 1. The van der Waals surface area contributed by atoms with Crippen molar-refractivity contribution in [2.45, 2.75) is 39.0 Å². The van der Waals surface area contributed by atoms with E-state index >= 15 is 0 Å². The highest BCUT2D eigenvalue weighted by Crippen LogP contribution is 2.19. The Kier molecular flexibility index (Phi) is 4.70. The molecule has 1 unspecified atom stereocenters. The lowest BCUT2D eigenvalue weighted by molar-refractivity contribution is 0.622. The van der Waals surface area contributed by atoms with Crippen LogP contribution in [0.2, 0.25) is 25.7 Å². The Balaban J connectivity index is 3.47. The van der Waals surface area contributed by atoms with E-state index in [2.05, 4.69) is 39.2 Å². The van der Waals surface area contributed by atoms with Crippen LogP contribution in [0.1, 0.15) is 13.3 Å². The smallest absolute Gasteiger partial charge is 0.0445 e. The predicted molar refractivity (Wildman–Crippen MR) is 55.8 cm³/mol. The summed E-state index contributed by atoms with van der Waals surface area (Å²) >= 11 is 4.23. The summed E-state index contributed by atoms with van der Waals surface area (Å²) in [5.74, 6) is 1.94. The Morgan fingerprint density at radius 3 is 2.10 bits per heavy atom. The van der Waals surface area contributed by atoms with Crippen molar-refractivity contribution in [2.75, 3.05) is 5.75 Å². The van der Waals surface area contributed by atoms with Crippen molar-refractivity contribution in [1.29, 1.82) is 0 Å². The van der Waals surface area contributed by atoms with E-state index < -0.39 is 8.07 Å². The maximum Gasteiger partial charge on any atom is 0.0445 e. The van der Waals surface area contributed by atoms with E-state index in [0.717, 1.165) is 11.7 Å². The third-order valence-electron chi connectivity index (χ3n) is 1.58. The molecule has 0 amide bonds. The van der Waals surface area contributed by atoms with Gasteiger partial charge in [0.15, 0.2) is 0 Å². The van der Waals surface area contributed by atoms with E-state index in [1.54, 1.807) is 0 Å². The molecular weight excluding hydrogens is 156 g/mol. The molecule has 0 nitrogen and oxygen atoms in total. The average molecular weight is 176 g/mol. The van der Waals surface area contributed by atoms with Gasteiger partial charge in [0.05, 0.1) is 0 Å². The van der Waals surface area contributed by atoms with E-state index in [0.29, 0.717) is 0 Å². The molecule has 0 heterocycles. The van der Waals surface area contributed by atoms with Crippen molar-refractivity contribution in [2.24, 2.45) is 5.92 Å². The molecule has 0 radical (unpaired) electrons. The van der Waals surface area contributed by atoms with E-state index in [1.807, 2.05) is 0 Å². The van der Waals surface area contributed by atoms with Gasteiger partial charge in [0, 0.05) is 8.07 Å². The number of thiol groups is 1. The Morgan fingerprint density at radius 2 is 1.80 bits per heavy atom. The van der Waals surface area contributed by atoms with Gasteiger partial charge in [0.2, 0.25) is 0 Å². The third-order valence-corrected chi connectivity index (χ3v) is 3.76. The van der Waals surface area contributed by atoms with Crippen molar-refractivity contribution in [3.05, 3.63) is 0 Å². The lowest BCUT2D eigenvalue weighted by atomic mass is 10.2. The topological polar surface area (TPSA) is 0 Å². The Hall–Kier alpha value is 0.567. The Morgan fingerprint density at radius 1 is 1.30 bits per heavy atom. The van der Waals surface area contributed by atoms with Gasteiger partial charge < -0.3 is 0 Å². The van der Waals surface area contributed by atoms with Gasteiger partial charge in [-0.2, -0.15) is 12.6 Å². The lowest BCUT2D eigenvalue weighted by Crippen LogP contribution is -2.22. The molecule has 0 fully saturated rings. The second-order valence-corrected chi connectivity index (χ2v) is 10.4. The first-order valence-electron chi connectivity index (χ1n) is 4.06. The first-order valence-corrected chi connectivity index (χ1v) is 8.40. The van der Waals surface area contributed by atoms with Crippen LogP contribution in [0.3, 0.4) is 0 Å². The Bertz CT molecular complexity index is 85.7. The fourth-order valence-corrected chi connectivity index (χ4v) is 4.10. The fourth-order valence-electron chi connectivity index (χ4n) is 1.37. The molecule has 10 heavy (non-hydrogen) atoms. The summed E-state index contributed by atoms with van der Waals surface area (Å²) in [4.78, 5) is 0. The molecule has 0 aromatic carbocycles. The molecule has 0 aromatic rings. The lowest BCUT2D eigenvalue weighted by Gasteiger charge is -2.20. The summed E-state index contributed by atoms with van der Waals surface area (Å²) in [6.45, 7) is 9.64. The van der Waals surface area contributed by atoms with Crippen LogP contribution in [-0.4, -0.2) is 13.8 Å². The summed E-state index contributed by atoms with van der Waals surface area (Å²) in [6, 6.07) is 1.45. The number of hydrogen-bond acceptors (Lipinski definition) is 1. The van der Waals surface area contributed by atoms with Crippen LogP contribution in [0.25, 0.3) is 0 Å². The molecule has 0 spiro atoms. The zero-order chi connectivity index (χ0) is 8.20. The van der Waals surface area contributed by atoms with Gasteiger partial charge in [-0.05, 0) is 18.1 Å². The van der Waals surface area contributed by atoms with Crippen LogP contribution < -0.4 is 0 Å². The molecule has 0 N–H and O–H groups in total. The minimum absolute atomic E-state index is 0.791. The molecule has 0 aromatic heterocycles. The summed E-state index contributed by atoms with van der Waals surface area (Å²) in [7, 11) is -0.791. The summed E-state index contributed by atoms with van der Waals surface area (Å²) in [5.41, 5.74) is 0. The van der Waals surface area contributed by atoms with E-state index in [4.69, 9.17) is 0 Å². The molecule has 0 aliphatic rings. The zero-order valence-electron chi connectivity index (χ0n) is 7.65. The van der Waals surface area contributed by atoms with E-state index in [9.17, 15) is 0 Å². The van der Waals surface area contributed by atoms with Crippen molar-refractivity contribution in [3.8, 4) is 0 Å². The molecule has 0 saturated carbocycles. The van der Waals surface area contributed by atoms with Crippen LogP contribution >= 0.6 is 12.6 Å². The van der Waals surface area contributed by atoms with Crippen molar-refractivity contribution in [3.63, 3.8) is 0 Å². The maximum absolute atomic E-state index is 4.23. The normalized spacial score (nSPS) is 15.3. The average Bonchev–Trinajstić information content (AvgIpc) is 1.59. The molecule has 0 saturated heterocycles. The standard InChI is InChI=1S/C8H20SSi/c1-8(5-6-9)7-10(2,3)4/h8-9H,5-7H2,1-4H3. The van der Waals surface area contributed by atoms with E-state index in [-0.39, 0.29) is 0 Å². The molecular formula is C8H20SSi. The van der Waals surface area contributed by atoms with Crippen molar-refractivity contribution >= 4 is 20.7 Å². The minimum atomic E-state index is -0.791. The van der Waals surface area contributed by atoms with Crippen LogP contribution in [0.4, 0.5) is 0 Å². The minimum Gasteiger partial charge on any atom is -0.179 e. The quantitative estimate of drug-likeness (QED) is 0.493. The van der Waals surface area contributed by atoms with Crippen LogP contribution in [0.5, 0.6) is 0 Å². The van der Waals surface area contributed by atoms with Gasteiger partial charge in [-0.25, -0.2) is 0 Å². The second-order valence-electron chi connectivity index (χ2n) is 4.38. The first kappa shape index (κ1) is 10.6. The Labute approximate surface area is 71.8 Å². The zero-order valence-corrected chi connectivity index (χ0v) is 9.54. The first-order chi connectivity index (χ1) is 4.45. The molecule has 0 rings (SSSR count). The maximum atomic E-state index is 4.23. The largest absolute Gasteiger partial charge is 0.179 e. The van der Waals surface area contributed by atoms with E-state index in [1.165, 1.54) is 12.5 Å². The van der Waals surface area contributed by atoms with Gasteiger partial charge in [0.1, 0.15) is 0 Å². The SMILES string of the molecule is CC(CCS)C[Si](C)(C)C. The second kappa shape index (κ2) is 4.45.